The molecular weight excluding hydrogens is 326 g/mol. The van der Waals surface area contributed by atoms with Crippen molar-refractivity contribution < 1.29 is 19.4 Å². The third-order valence-electron chi connectivity index (χ3n) is 4.04. The van der Waals surface area contributed by atoms with Crippen LogP contribution in [0.5, 0.6) is 0 Å². The Morgan fingerprint density at radius 3 is 2.79 bits per heavy atom. The lowest BCUT2D eigenvalue weighted by Crippen LogP contribution is -2.50. The zero-order valence-corrected chi connectivity index (χ0v) is 14.0. The fourth-order valence-corrected chi connectivity index (χ4v) is 3.67. The molecule has 1 aliphatic heterocycles. The minimum absolute atomic E-state index is 0.0392. The normalized spacial score (nSPS) is 17.8. The van der Waals surface area contributed by atoms with Gasteiger partial charge in [0.15, 0.2) is 0 Å². The van der Waals surface area contributed by atoms with E-state index in [1.165, 1.54) is 17.1 Å². The molecule has 6 heteroatoms. The zero-order chi connectivity index (χ0) is 16.9. The lowest BCUT2D eigenvalue weighted by atomic mass is 10.1. The van der Waals surface area contributed by atoms with E-state index in [1.54, 1.807) is 4.90 Å². The lowest BCUT2D eigenvalue weighted by Gasteiger charge is -2.34. The van der Waals surface area contributed by atoms with Gasteiger partial charge in [0.2, 0.25) is 5.91 Å². The highest BCUT2D eigenvalue weighted by Crippen LogP contribution is 2.24. The standard InChI is InChI=1S/C18H19NO4S/c20-17(19-7-8-23-11-15(19)10-18(21)22)12-24-16-6-5-13-3-1-2-4-14(13)9-16/h1-6,9,15H,7-8,10-12H2,(H,21,22). The quantitative estimate of drug-likeness (QED) is 0.844. The van der Waals surface area contributed by atoms with E-state index in [4.69, 9.17) is 9.84 Å². The van der Waals surface area contributed by atoms with Crippen molar-refractivity contribution in [3.63, 3.8) is 0 Å². The van der Waals surface area contributed by atoms with Crippen molar-refractivity contribution in [3.8, 4) is 0 Å². The Hall–Kier alpha value is -2.05. The van der Waals surface area contributed by atoms with Gasteiger partial charge >= 0.3 is 5.97 Å². The predicted octanol–water partition coefficient (Wildman–Crippen LogP) is 2.63. The Morgan fingerprint density at radius 1 is 1.21 bits per heavy atom. The first kappa shape index (κ1) is 16.8. The third-order valence-corrected chi connectivity index (χ3v) is 5.02. The van der Waals surface area contributed by atoms with Crippen molar-refractivity contribution >= 4 is 34.4 Å². The fraction of sp³-hybridized carbons (Fsp3) is 0.333. The summed E-state index contributed by atoms with van der Waals surface area (Å²) in [6, 6.07) is 13.8. The molecule has 5 nitrogen and oxygen atoms in total. The van der Waals surface area contributed by atoms with Gasteiger partial charge in [0.25, 0.3) is 0 Å². The second kappa shape index (κ2) is 7.68. The predicted molar refractivity (Wildman–Crippen MR) is 93.2 cm³/mol. The molecule has 1 saturated heterocycles. The summed E-state index contributed by atoms with van der Waals surface area (Å²) >= 11 is 1.48. The number of hydrogen-bond donors (Lipinski definition) is 1. The molecule has 2 aromatic rings. The molecule has 1 aliphatic rings. The molecule has 0 radical (unpaired) electrons. The van der Waals surface area contributed by atoms with E-state index in [-0.39, 0.29) is 18.4 Å². The van der Waals surface area contributed by atoms with E-state index in [2.05, 4.69) is 12.1 Å². The van der Waals surface area contributed by atoms with Crippen molar-refractivity contribution in [1.82, 2.24) is 4.90 Å². The molecule has 1 atom stereocenters. The highest BCUT2D eigenvalue weighted by molar-refractivity contribution is 8.00. The number of morpholine rings is 1. The van der Waals surface area contributed by atoms with Crippen molar-refractivity contribution in [2.45, 2.75) is 17.4 Å². The molecule has 24 heavy (non-hydrogen) atoms. The molecule has 0 aromatic heterocycles. The molecule has 1 heterocycles. The lowest BCUT2D eigenvalue weighted by molar-refractivity contribution is -0.144. The average Bonchev–Trinajstić information content (AvgIpc) is 2.59. The van der Waals surface area contributed by atoms with Crippen LogP contribution in [0.1, 0.15) is 6.42 Å². The van der Waals surface area contributed by atoms with Crippen molar-refractivity contribution in [1.29, 1.82) is 0 Å². The smallest absolute Gasteiger partial charge is 0.305 e. The number of aliphatic carboxylic acids is 1. The van der Waals surface area contributed by atoms with Gasteiger partial charge in [-0.05, 0) is 22.9 Å². The third kappa shape index (κ3) is 4.07. The highest BCUT2D eigenvalue weighted by atomic mass is 32.2. The monoisotopic (exact) mass is 345 g/mol. The van der Waals surface area contributed by atoms with Crippen LogP contribution in [0, 0.1) is 0 Å². The Bertz CT molecular complexity index is 749. The van der Waals surface area contributed by atoms with E-state index in [9.17, 15) is 9.59 Å². The summed E-state index contributed by atoms with van der Waals surface area (Å²) in [5, 5.41) is 11.3. The number of rotatable bonds is 5. The Labute approximate surface area is 144 Å². The first-order valence-electron chi connectivity index (χ1n) is 7.84. The van der Waals surface area contributed by atoms with E-state index in [1.807, 2.05) is 30.3 Å². The number of thioether (sulfide) groups is 1. The van der Waals surface area contributed by atoms with Crippen molar-refractivity contribution in [2.75, 3.05) is 25.5 Å². The molecule has 3 rings (SSSR count). The second-order valence-corrected chi connectivity index (χ2v) is 6.76. The second-order valence-electron chi connectivity index (χ2n) is 5.71. The number of nitrogens with zero attached hydrogens (tertiary/aromatic N) is 1. The number of carboxylic acid groups (broad SMARTS) is 1. The highest BCUT2D eigenvalue weighted by Gasteiger charge is 2.28. The summed E-state index contributed by atoms with van der Waals surface area (Å²) in [4.78, 5) is 26.1. The number of carbonyl (C=O) groups excluding carboxylic acids is 1. The SMILES string of the molecule is O=C(O)CC1COCCN1C(=O)CSc1ccc2ccccc2c1. The summed E-state index contributed by atoms with van der Waals surface area (Å²) in [5.74, 6) is -0.651. The largest absolute Gasteiger partial charge is 0.481 e. The minimum atomic E-state index is -0.912. The van der Waals surface area contributed by atoms with Gasteiger partial charge < -0.3 is 14.7 Å². The summed E-state index contributed by atoms with van der Waals surface area (Å²) in [6.45, 7) is 1.20. The van der Waals surface area contributed by atoms with Crippen LogP contribution in [0.3, 0.4) is 0 Å². The van der Waals surface area contributed by atoms with Gasteiger partial charge in [0.1, 0.15) is 0 Å². The number of ether oxygens (including phenoxy) is 1. The van der Waals surface area contributed by atoms with E-state index >= 15 is 0 Å². The minimum Gasteiger partial charge on any atom is -0.481 e. The van der Waals surface area contributed by atoms with Crippen LogP contribution in [0.2, 0.25) is 0 Å². The molecule has 0 saturated carbocycles. The van der Waals surface area contributed by atoms with E-state index in [0.717, 1.165) is 10.3 Å². The molecule has 0 spiro atoms. The molecule has 1 amide bonds. The molecule has 1 unspecified atom stereocenters. The number of amides is 1. The van der Waals surface area contributed by atoms with Gasteiger partial charge in [0, 0.05) is 11.4 Å². The molecule has 126 valence electrons. The van der Waals surface area contributed by atoms with Crippen LogP contribution < -0.4 is 0 Å². The van der Waals surface area contributed by atoms with Crippen LogP contribution in [0.4, 0.5) is 0 Å². The number of carboxylic acids is 1. The first-order chi connectivity index (χ1) is 11.6. The maximum atomic E-state index is 12.5. The van der Waals surface area contributed by atoms with Gasteiger partial charge in [-0.3, -0.25) is 9.59 Å². The number of benzene rings is 2. The Balaban J connectivity index is 1.63. The number of fused-ring (bicyclic) bond motifs is 1. The molecule has 1 N–H and O–H groups in total. The van der Waals surface area contributed by atoms with Gasteiger partial charge in [-0.15, -0.1) is 11.8 Å². The molecule has 0 aliphatic carbocycles. The topological polar surface area (TPSA) is 66.8 Å². The van der Waals surface area contributed by atoms with Gasteiger partial charge in [-0.1, -0.05) is 30.3 Å². The Morgan fingerprint density at radius 2 is 2.00 bits per heavy atom. The number of carbonyl (C=O) groups is 2. The molecule has 1 fully saturated rings. The summed E-state index contributed by atoms with van der Waals surface area (Å²) in [7, 11) is 0. The van der Waals surface area contributed by atoms with Gasteiger partial charge in [-0.2, -0.15) is 0 Å². The summed E-state index contributed by atoms with van der Waals surface area (Å²) < 4.78 is 5.31. The van der Waals surface area contributed by atoms with Crippen LogP contribution in [0.15, 0.2) is 47.4 Å². The molecule has 0 bridgehead atoms. The van der Waals surface area contributed by atoms with Gasteiger partial charge in [0.05, 0.1) is 31.4 Å². The average molecular weight is 345 g/mol. The molecule has 2 aromatic carbocycles. The van der Waals surface area contributed by atoms with Crippen LogP contribution in [-0.2, 0) is 14.3 Å². The Kier molecular flexibility index (Phi) is 5.37. The maximum Gasteiger partial charge on any atom is 0.305 e. The van der Waals surface area contributed by atoms with Crippen LogP contribution >= 0.6 is 11.8 Å². The summed E-state index contributed by atoms with van der Waals surface area (Å²) in [5.41, 5.74) is 0. The maximum absolute atomic E-state index is 12.5. The first-order valence-corrected chi connectivity index (χ1v) is 8.82. The zero-order valence-electron chi connectivity index (χ0n) is 13.2. The van der Waals surface area contributed by atoms with Gasteiger partial charge in [-0.25, -0.2) is 0 Å². The van der Waals surface area contributed by atoms with Crippen LogP contribution in [-0.4, -0.2) is 53.4 Å². The molecular formula is C18H19NO4S. The van der Waals surface area contributed by atoms with E-state index < -0.39 is 5.97 Å². The fourth-order valence-electron chi connectivity index (χ4n) is 2.84. The van der Waals surface area contributed by atoms with E-state index in [0.29, 0.717) is 25.5 Å². The van der Waals surface area contributed by atoms with Crippen molar-refractivity contribution in [3.05, 3.63) is 42.5 Å². The number of hydrogen-bond acceptors (Lipinski definition) is 4. The summed E-state index contributed by atoms with van der Waals surface area (Å²) in [6.07, 6.45) is -0.0770. The van der Waals surface area contributed by atoms with Crippen LogP contribution in [0.25, 0.3) is 10.8 Å². The van der Waals surface area contributed by atoms with Crippen molar-refractivity contribution in [2.24, 2.45) is 0 Å².